The Morgan fingerprint density at radius 1 is 1.12 bits per heavy atom. The summed E-state index contributed by atoms with van der Waals surface area (Å²) in [5.41, 5.74) is 4.73. The van der Waals surface area contributed by atoms with Gasteiger partial charge in [0.25, 0.3) is 0 Å². The van der Waals surface area contributed by atoms with Gasteiger partial charge in [0.2, 0.25) is 11.9 Å². The summed E-state index contributed by atoms with van der Waals surface area (Å²) in [5.74, 6) is 0.318. The van der Waals surface area contributed by atoms with Gasteiger partial charge in [0.05, 0.1) is 10.5 Å². The molecule has 172 valence electrons. The van der Waals surface area contributed by atoms with E-state index in [0.29, 0.717) is 11.6 Å². The van der Waals surface area contributed by atoms with Crippen molar-refractivity contribution in [2.45, 2.75) is 0 Å². The summed E-state index contributed by atoms with van der Waals surface area (Å²) in [6, 6.07) is 15.9. The van der Waals surface area contributed by atoms with Crippen molar-refractivity contribution < 1.29 is 4.79 Å². The lowest BCUT2D eigenvalue weighted by Crippen LogP contribution is -2.44. The number of anilines is 4. The lowest BCUT2D eigenvalue weighted by atomic mass is 10.0. The van der Waals surface area contributed by atoms with E-state index >= 15 is 0 Å². The molecule has 2 aromatic carbocycles. The van der Waals surface area contributed by atoms with Crippen LogP contribution in [0.15, 0.2) is 72.8 Å². The van der Waals surface area contributed by atoms with Crippen molar-refractivity contribution in [3.63, 3.8) is 0 Å². The van der Waals surface area contributed by atoms with Crippen LogP contribution in [-0.4, -0.2) is 54.0 Å². The maximum Gasteiger partial charge on any atom is 0.247 e. The molecular weight excluding hydrogens is 444 g/mol. The van der Waals surface area contributed by atoms with E-state index in [9.17, 15) is 4.79 Å². The fourth-order valence-corrected chi connectivity index (χ4v) is 4.84. The lowest BCUT2D eigenvalue weighted by Gasteiger charge is -2.33. The fraction of sp³-hybridized carbons (Fsp3) is 0.192. The van der Waals surface area contributed by atoms with Gasteiger partial charge in [-0.05, 0) is 36.9 Å². The van der Waals surface area contributed by atoms with Crippen molar-refractivity contribution in [1.29, 1.82) is 0 Å². The standard InChI is InChI=1S/C26H26N6OS/c1-3-23(33)28-20-8-4-6-18(14-20)22-9-5-7-19-16-27-26(30-25(19)22)29-24-15-21(17-34-24)32-12-10-31(2)11-13-32/h3-9,14-17H,1,10-13H2,2H3,(H,28,33)(H,27,29,30). The molecule has 8 heteroatoms. The Morgan fingerprint density at radius 2 is 1.94 bits per heavy atom. The summed E-state index contributed by atoms with van der Waals surface area (Å²) >= 11 is 1.66. The minimum atomic E-state index is -0.240. The van der Waals surface area contributed by atoms with Crippen LogP contribution in [0.25, 0.3) is 22.0 Å². The van der Waals surface area contributed by atoms with Crippen LogP contribution < -0.4 is 15.5 Å². The second kappa shape index (κ2) is 9.62. The van der Waals surface area contributed by atoms with Crippen LogP contribution in [0.3, 0.4) is 0 Å². The Hall–Kier alpha value is -3.75. The van der Waals surface area contributed by atoms with Gasteiger partial charge in [-0.25, -0.2) is 9.97 Å². The monoisotopic (exact) mass is 470 g/mol. The van der Waals surface area contributed by atoms with Gasteiger partial charge in [-0.1, -0.05) is 36.9 Å². The summed E-state index contributed by atoms with van der Waals surface area (Å²) in [7, 11) is 2.16. The molecule has 0 unspecified atom stereocenters. The van der Waals surface area contributed by atoms with Crippen LogP contribution in [-0.2, 0) is 4.79 Å². The molecule has 0 bridgehead atoms. The molecule has 5 rings (SSSR count). The first kappa shape index (κ1) is 22.1. The molecule has 0 aliphatic carbocycles. The number of carbonyl (C=O) groups is 1. The zero-order valence-corrected chi connectivity index (χ0v) is 19.8. The zero-order valence-electron chi connectivity index (χ0n) is 19.0. The van der Waals surface area contributed by atoms with Crippen LogP contribution in [0, 0.1) is 0 Å². The first-order valence-corrected chi connectivity index (χ1v) is 12.1. The highest BCUT2D eigenvalue weighted by Crippen LogP contribution is 2.32. The lowest BCUT2D eigenvalue weighted by molar-refractivity contribution is -0.111. The van der Waals surface area contributed by atoms with Crippen LogP contribution >= 0.6 is 11.3 Å². The van der Waals surface area contributed by atoms with E-state index in [0.717, 1.165) is 53.2 Å². The van der Waals surface area contributed by atoms with E-state index in [1.807, 2.05) is 48.7 Å². The molecule has 2 aromatic heterocycles. The molecule has 34 heavy (non-hydrogen) atoms. The summed E-state index contributed by atoms with van der Waals surface area (Å²) in [4.78, 5) is 25.9. The van der Waals surface area contributed by atoms with Crippen LogP contribution in [0.1, 0.15) is 0 Å². The molecule has 1 aliphatic heterocycles. The number of nitrogens with zero attached hydrogens (tertiary/aromatic N) is 4. The smallest absolute Gasteiger partial charge is 0.247 e. The van der Waals surface area contributed by atoms with Gasteiger partial charge in [-0.2, -0.15) is 0 Å². The number of thiophene rings is 1. The van der Waals surface area contributed by atoms with E-state index in [1.54, 1.807) is 11.3 Å². The van der Waals surface area contributed by atoms with Gasteiger partial charge in [0.1, 0.15) is 0 Å². The number of aromatic nitrogens is 2. The zero-order chi connectivity index (χ0) is 23.5. The first-order chi connectivity index (χ1) is 16.6. The highest BCUT2D eigenvalue weighted by Gasteiger charge is 2.16. The highest BCUT2D eigenvalue weighted by atomic mass is 32.1. The minimum Gasteiger partial charge on any atom is -0.368 e. The number of hydrogen-bond acceptors (Lipinski definition) is 7. The van der Waals surface area contributed by atoms with Gasteiger partial charge in [0, 0.05) is 60.1 Å². The van der Waals surface area contributed by atoms with Crippen LogP contribution in [0.4, 0.5) is 22.3 Å². The number of nitrogens with one attached hydrogen (secondary N) is 2. The third-order valence-electron chi connectivity index (χ3n) is 5.93. The average molecular weight is 471 g/mol. The minimum absolute atomic E-state index is 0.240. The largest absolute Gasteiger partial charge is 0.368 e. The summed E-state index contributed by atoms with van der Waals surface area (Å²) < 4.78 is 0. The molecule has 0 atom stereocenters. The number of fused-ring (bicyclic) bond motifs is 1. The number of para-hydroxylation sites is 1. The Kier molecular flexibility index (Phi) is 6.24. The average Bonchev–Trinajstić information content (AvgIpc) is 3.32. The van der Waals surface area contributed by atoms with E-state index < -0.39 is 0 Å². The van der Waals surface area contributed by atoms with Crippen LogP contribution in [0.2, 0.25) is 0 Å². The van der Waals surface area contributed by atoms with Gasteiger partial charge in [-0.15, -0.1) is 11.3 Å². The summed E-state index contributed by atoms with van der Waals surface area (Å²) in [6.07, 6.45) is 3.10. The Balaban J connectivity index is 1.41. The number of hydrogen-bond donors (Lipinski definition) is 2. The van der Waals surface area contributed by atoms with Gasteiger partial charge < -0.3 is 20.4 Å². The third kappa shape index (κ3) is 4.78. The highest BCUT2D eigenvalue weighted by molar-refractivity contribution is 7.14. The van der Waals surface area contributed by atoms with Crippen molar-refractivity contribution in [3.05, 3.63) is 72.8 Å². The molecule has 1 fully saturated rings. The molecule has 0 spiro atoms. The molecular formula is C26H26N6OS. The number of likely N-dealkylation sites (N-methyl/N-ethyl adjacent to an activating group) is 1. The maximum atomic E-state index is 11.7. The van der Waals surface area contributed by atoms with Gasteiger partial charge in [0.15, 0.2) is 0 Å². The fourth-order valence-electron chi connectivity index (χ4n) is 4.04. The van der Waals surface area contributed by atoms with Crippen molar-refractivity contribution in [1.82, 2.24) is 14.9 Å². The predicted molar refractivity (Wildman–Crippen MR) is 141 cm³/mol. The molecule has 3 heterocycles. The van der Waals surface area contributed by atoms with Crippen molar-refractivity contribution in [2.24, 2.45) is 0 Å². The molecule has 1 saturated heterocycles. The summed E-state index contributed by atoms with van der Waals surface area (Å²) in [6.45, 7) is 7.74. The molecule has 2 N–H and O–H groups in total. The molecule has 1 amide bonds. The number of rotatable bonds is 6. The number of amides is 1. The Labute approximate surface area is 202 Å². The topological polar surface area (TPSA) is 73.4 Å². The molecule has 0 saturated carbocycles. The van der Waals surface area contributed by atoms with Gasteiger partial charge >= 0.3 is 0 Å². The first-order valence-electron chi connectivity index (χ1n) is 11.2. The quantitative estimate of drug-likeness (QED) is 0.387. The maximum absolute atomic E-state index is 11.7. The van der Waals surface area contributed by atoms with Crippen molar-refractivity contribution >= 4 is 50.5 Å². The number of piperazine rings is 1. The Morgan fingerprint density at radius 3 is 2.76 bits per heavy atom. The van der Waals surface area contributed by atoms with E-state index in [4.69, 9.17) is 4.98 Å². The predicted octanol–water partition coefficient (Wildman–Crippen LogP) is 4.98. The molecule has 7 nitrogen and oxygen atoms in total. The number of benzene rings is 2. The van der Waals surface area contributed by atoms with E-state index in [2.05, 4.69) is 50.5 Å². The normalized spacial score (nSPS) is 14.2. The second-order valence-electron chi connectivity index (χ2n) is 8.30. The van der Waals surface area contributed by atoms with Gasteiger partial charge in [-0.3, -0.25) is 4.79 Å². The second-order valence-corrected chi connectivity index (χ2v) is 9.21. The molecule has 4 aromatic rings. The SMILES string of the molecule is C=CC(=O)Nc1cccc(-c2cccc3cnc(Nc4cc(N5CCN(C)CC5)cs4)nc23)c1. The Bertz CT molecular complexity index is 1340. The van der Waals surface area contributed by atoms with Crippen molar-refractivity contribution in [3.8, 4) is 11.1 Å². The summed E-state index contributed by atoms with van der Waals surface area (Å²) in [5, 5.41) is 10.3. The van der Waals surface area contributed by atoms with E-state index in [1.165, 1.54) is 11.8 Å². The molecule has 1 aliphatic rings. The molecule has 0 radical (unpaired) electrons. The van der Waals surface area contributed by atoms with E-state index in [-0.39, 0.29) is 5.91 Å². The third-order valence-corrected chi connectivity index (χ3v) is 6.76. The number of carbonyl (C=O) groups excluding carboxylic acids is 1. The van der Waals surface area contributed by atoms with Crippen LogP contribution in [0.5, 0.6) is 0 Å². The van der Waals surface area contributed by atoms with Crippen molar-refractivity contribution in [2.75, 3.05) is 48.8 Å².